The van der Waals surface area contributed by atoms with E-state index in [1.165, 1.54) is 25.3 Å². The quantitative estimate of drug-likeness (QED) is 0.816. The predicted molar refractivity (Wildman–Crippen MR) is 74.2 cm³/mol. The monoisotopic (exact) mass is 302 g/mol. The van der Waals surface area contributed by atoms with Gasteiger partial charge in [-0.05, 0) is 25.2 Å². The molecule has 7 heteroatoms. The Hall–Kier alpha value is -1.66. The molecule has 0 atom stereocenters. The lowest BCUT2D eigenvalue weighted by Gasteiger charge is -2.15. The van der Waals surface area contributed by atoms with E-state index in [4.69, 9.17) is 11.6 Å². The molecule has 0 saturated heterocycles. The molecule has 0 heterocycles. The topological polar surface area (TPSA) is 58.6 Å². The van der Waals surface area contributed by atoms with Crippen LogP contribution < -0.4 is 5.32 Å². The molecule has 0 bridgehead atoms. The summed E-state index contributed by atoms with van der Waals surface area (Å²) in [6.45, 7) is 0.510. The normalized spacial score (nSPS) is 10.4. The van der Waals surface area contributed by atoms with Gasteiger partial charge in [0.15, 0.2) is 0 Å². The van der Waals surface area contributed by atoms with Crippen LogP contribution in [0.3, 0.4) is 0 Å². The second kappa shape index (κ2) is 7.81. The Balaban J connectivity index is 2.42. The first kappa shape index (κ1) is 16.4. The van der Waals surface area contributed by atoms with Crippen LogP contribution in [-0.2, 0) is 14.3 Å². The third-order valence-electron chi connectivity index (χ3n) is 2.54. The summed E-state index contributed by atoms with van der Waals surface area (Å²) < 4.78 is 17.5. The van der Waals surface area contributed by atoms with Crippen LogP contribution in [0.1, 0.15) is 6.42 Å². The number of anilines is 1. The van der Waals surface area contributed by atoms with Crippen LogP contribution in [0, 0.1) is 5.82 Å². The van der Waals surface area contributed by atoms with Crippen LogP contribution in [0.15, 0.2) is 18.2 Å². The first-order valence-corrected chi connectivity index (χ1v) is 6.30. The lowest BCUT2D eigenvalue weighted by molar-refractivity contribution is -0.141. The minimum absolute atomic E-state index is 0.0538. The molecular weight excluding hydrogens is 287 g/mol. The first-order chi connectivity index (χ1) is 9.42. The van der Waals surface area contributed by atoms with Gasteiger partial charge in [0.25, 0.3) is 0 Å². The van der Waals surface area contributed by atoms with Crippen LogP contribution in [-0.4, -0.2) is 44.0 Å². The number of halogens is 2. The maximum atomic E-state index is 13.0. The smallest absolute Gasteiger partial charge is 0.306 e. The van der Waals surface area contributed by atoms with Crippen molar-refractivity contribution in [3.05, 3.63) is 29.0 Å². The van der Waals surface area contributed by atoms with E-state index in [0.29, 0.717) is 12.2 Å². The minimum atomic E-state index is -0.542. The molecule has 1 aromatic carbocycles. The molecule has 0 unspecified atom stereocenters. The van der Waals surface area contributed by atoms with Crippen molar-refractivity contribution in [2.24, 2.45) is 0 Å². The molecule has 0 radical (unpaired) electrons. The van der Waals surface area contributed by atoms with E-state index < -0.39 is 5.82 Å². The number of methoxy groups -OCH3 is 1. The van der Waals surface area contributed by atoms with Crippen molar-refractivity contribution in [3.8, 4) is 0 Å². The van der Waals surface area contributed by atoms with Crippen LogP contribution in [0.4, 0.5) is 10.1 Å². The van der Waals surface area contributed by atoms with Gasteiger partial charge < -0.3 is 10.1 Å². The summed E-state index contributed by atoms with van der Waals surface area (Å²) in [5, 5.41) is 2.54. The summed E-state index contributed by atoms with van der Waals surface area (Å²) >= 11 is 5.62. The number of benzene rings is 1. The van der Waals surface area contributed by atoms with Crippen LogP contribution in [0.5, 0.6) is 0 Å². The number of nitrogens with one attached hydrogen (secondary N) is 1. The summed E-state index contributed by atoms with van der Waals surface area (Å²) in [6, 6.07) is 3.94. The Labute approximate surface area is 121 Å². The van der Waals surface area contributed by atoms with E-state index >= 15 is 0 Å². The van der Waals surface area contributed by atoms with Crippen LogP contribution >= 0.6 is 11.6 Å². The van der Waals surface area contributed by atoms with Crippen LogP contribution in [0.25, 0.3) is 0 Å². The number of hydrogen-bond donors (Lipinski definition) is 1. The maximum Gasteiger partial charge on any atom is 0.306 e. The largest absolute Gasteiger partial charge is 0.469 e. The highest BCUT2D eigenvalue weighted by Gasteiger charge is 2.10. The van der Waals surface area contributed by atoms with Crippen molar-refractivity contribution in [2.45, 2.75) is 6.42 Å². The molecule has 5 nitrogen and oxygen atoms in total. The summed E-state index contributed by atoms with van der Waals surface area (Å²) in [6.07, 6.45) is 0.211. The second-order valence-corrected chi connectivity index (χ2v) is 4.65. The van der Waals surface area contributed by atoms with E-state index in [9.17, 15) is 14.0 Å². The van der Waals surface area contributed by atoms with Gasteiger partial charge in [0, 0.05) is 12.2 Å². The molecule has 0 saturated carbocycles. The standard InChI is InChI=1S/C13H16ClFN2O3/c1-17(6-5-13(19)20-2)8-12(18)16-9-3-4-11(15)10(14)7-9/h3-4,7H,5-6,8H2,1-2H3,(H,16,18). The summed E-state index contributed by atoms with van der Waals surface area (Å²) in [7, 11) is 3.02. The van der Waals surface area contributed by atoms with Gasteiger partial charge in [-0.3, -0.25) is 14.5 Å². The molecular formula is C13H16ClFN2O3. The zero-order chi connectivity index (χ0) is 15.1. The molecule has 110 valence electrons. The van der Waals surface area contributed by atoms with Crippen LogP contribution in [0.2, 0.25) is 5.02 Å². The lowest BCUT2D eigenvalue weighted by atomic mass is 10.3. The van der Waals surface area contributed by atoms with Gasteiger partial charge in [-0.15, -0.1) is 0 Å². The fraction of sp³-hybridized carbons (Fsp3) is 0.385. The highest BCUT2D eigenvalue weighted by Crippen LogP contribution is 2.19. The van der Waals surface area contributed by atoms with E-state index in [-0.39, 0.29) is 29.9 Å². The number of amides is 1. The fourth-order valence-electron chi connectivity index (χ4n) is 1.48. The molecule has 0 spiro atoms. The van der Waals surface area contributed by atoms with Crippen molar-refractivity contribution in [1.82, 2.24) is 4.90 Å². The summed E-state index contributed by atoms with van der Waals surface area (Å²) in [5.74, 6) is -1.15. The average molecular weight is 303 g/mol. The van der Waals surface area contributed by atoms with Gasteiger partial charge >= 0.3 is 5.97 Å². The number of esters is 1. The van der Waals surface area contributed by atoms with Crippen molar-refractivity contribution >= 4 is 29.2 Å². The van der Waals surface area contributed by atoms with Gasteiger partial charge in [0.2, 0.25) is 5.91 Å². The molecule has 1 amide bonds. The van der Waals surface area contributed by atoms with E-state index in [1.54, 1.807) is 11.9 Å². The van der Waals surface area contributed by atoms with Gasteiger partial charge in [0.05, 0.1) is 25.1 Å². The number of ether oxygens (including phenoxy) is 1. The van der Waals surface area contributed by atoms with Gasteiger partial charge in [-0.1, -0.05) is 11.6 Å². The van der Waals surface area contributed by atoms with E-state index in [0.717, 1.165) is 0 Å². The molecule has 1 aromatic rings. The molecule has 1 N–H and O–H groups in total. The fourth-order valence-corrected chi connectivity index (χ4v) is 1.66. The zero-order valence-electron chi connectivity index (χ0n) is 11.3. The Morgan fingerprint density at radius 2 is 2.15 bits per heavy atom. The van der Waals surface area contributed by atoms with Crippen molar-refractivity contribution in [3.63, 3.8) is 0 Å². The van der Waals surface area contributed by atoms with Gasteiger partial charge in [0.1, 0.15) is 5.82 Å². The number of likely N-dealkylation sites (N-methyl/N-ethyl adjacent to an activating group) is 1. The van der Waals surface area contributed by atoms with Crippen molar-refractivity contribution < 1.29 is 18.7 Å². The highest BCUT2D eigenvalue weighted by atomic mass is 35.5. The number of carbonyl (C=O) groups is 2. The molecule has 20 heavy (non-hydrogen) atoms. The lowest BCUT2D eigenvalue weighted by Crippen LogP contribution is -2.31. The molecule has 0 aliphatic rings. The molecule has 0 aliphatic carbocycles. The minimum Gasteiger partial charge on any atom is -0.469 e. The van der Waals surface area contributed by atoms with E-state index in [1.807, 2.05) is 0 Å². The van der Waals surface area contributed by atoms with Crippen molar-refractivity contribution in [2.75, 3.05) is 32.6 Å². The highest BCUT2D eigenvalue weighted by molar-refractivity contribution is 6.31. The first-order valence-electron chi connectivity index (χ1n) is 5.92. The Morgan fingerprint density at radius 3 is 2.75 bits per heavy atom. The Morgan fingerprint density at radius 1 is 1.45 bits per heavy atom. The van der Waals surface area contributed by atoms with Gasteiger partial charge in [-0.25, -0.2) is 4.39 Å². The SMILES string of the molecule is COC(=O)CCN(C)CC(=O)Nc1ccc(F)c(Cl)c1. The summed E-state index contributed by atoms with van der Waals surface area (Å²) in [5.41, 5.74) is 0.419. The third kappa shape index (κ3) is 5.54. The maximum absolute atomic E-state index is 13.0. The third-order valence-corrected chi connectivity index (χ3v) is 2.83. The average Bonchev–Trinajstić information content (AvgIpc) is 2.40. The number of hydrogen-bond acceptors (Lipinski definition) is 4. The molecule has 0 aromatic heterocycles. The second-order valence-electron chi connectivity index (χ2n) is 4.24. The zero-order valence-corrected chi connectivity index (χ0v) is 12.0. The Bertz CT molecular complexity index is 497. The predicted octanol–water partition coefficient (Wildman–Crippen LogP) is 1.91. The van der Waals surface area contributed by atoms with Gasteiger partial charge in [-0.2, -0.15) is 0 Å². The molecule has 1 rings (SSSR count). The summed E-state index contributed by atoms with van der Waals surface area (Å²) in [4.78, 5) is 24.4. The molecule has 0 aliphatic heterocycles. The van der Waals surface area contributed by atoms with Crippen molar-refractivity contribution in [1.29, 1.82) is 0 Å². The van der Waals surface area contributed by atoms with E-state index in [2.05, 4.69) is 10.1 Å². The number of carbonyl (C=O) groups excluding carboxylic acids is 2. The Kier molecular flexibility index (Phi) is 6.41. The number of nitrogens with zero attached hydrogens (tertiary/aromatic N) is 1. The number of rotatable bonds is 6. The molecule has 0 fully saturated rings.